The zero-order valence-electron chi connectivity index (χ0n) is 9.57. The highest BCUT2D eigenvalue weighted by Crippen LogP contribution is 2.34. The van der Waals surface area contributed by atoms with Crippen molar-refractivity contribution in [1.29, 1.82) is 0 Å². The molecule has 0 unspecified atom stereocenters. The topological polar surface area (TPSA) is 43.6 Å². The first kappa shape index (κ1) is 11.0. The van der Waals surface area contributed by atoms with Crippen molar-refractivity contribution < 1.29 is 0 Å². The van der Waals surface area contributed by atoms with E-state index in [1.54, 1.807) is 6.20 Å². The van der Waals surface area contributed by atoms with E-state index < -0.39 is 0 Å². The monoisotopic (exact) mass is 266 g/mol. The van der Waals surface area contributed by atoms with Crippen LogP contribution in [0, 0.1) is 6.92 Å². The Labute approximate surface area is 108 Å². The van der Waals surface area contributed by atoms with Crippen LogP contribution in [0.15, 0.2) is 6.20 Å². The van der Waals surface area contributed by atoms with Gasteiger partial charge in [0, 0.05) is 29.8 Å². The van der Waals surface area contributed by atoms with E-state index in [-0.39, 0.29) is 0 Å². The Hall–Kier alpha value is -1.07. The lowest BCUT2D eigenvalue weighted by Gasteiger charge is -2.04. The van der Waals surface area contributed by atoms with Gasteiger partial charge in [-0.05, 0) is 6.92 Å². The molecule has 0 N–H and O–H groups in total. The van der Waals surface area contributed by atoms with E-state index in [1.807, 2.05) is 30.4 Å². The fourth-order valence-corrected chi connectivity index (χ4v) is 3.23. The maximum atomic E-state index is 6.19. The van der Waals surface area contributed by atoms with E-state index in [4.69, 9.17) is 11.6 Å². The molecule has 6 heteroatoms. The third kappa shape index (κ3) is 1.73. The fraction of sp³-hybridized carbons (Fsp3) is 0.364. The highest BCUT2D eigenvalue weighted by Gasteiger charge is 2.20. The van der Waals surface area contributed by atoms with Crippen molar-refractivity contribution in [3.8, 4) is 11.4 Å². The van der Waals surface area contributed by atoms with Gasteiger partial charge in [0.1, 0.15) is 5.15 Å². The van der Waals surface area contributed by atoms with Crippen molar-refractivity contribution in [3.63, 3.8) is 0 Å². The number of thioether (sulfide) groups is 1. The number of aryl methyl sites for hydroxylation is 1. The van der Waals surface area contributed by atoms with Gasteiger partial charge in [0.25, 0.3) is 0 Å². The van der Waals surface area contributed by atoms with Crippen LogP contribution in [-0.2, 0) is 18.6 Å². The molecule has 0 saturated heterocycles. The molecule has 2 aromatic rings. The minimum absolute atomic E-state index is 0.582. The first-order valence-electron chi connectivity index (χ1n) is 5.29. The molecule has 17 heavy (non-hydrogen) atoms. The van der Waals surface area contributed by atoms with Crippen LogP contribution in [0.4, 0.5) is 0 Å². The molecule has 0 fully saturated rings. The predicted octanol–water partition coefficient (Wildman–Crippen LogP) is 2.59. The summed E-state index contributed by atoms with van der Waals surface area (Å²) in [5.74, 6) is 2.52. The van der Waals surface area contributed by atoms with Gasteiger partial charge in [0.05, 0.1) is 17.5 Å². The molecule has 0 saturated carbocycles. The first-order valence-corrected chi connectivity index (χ1v) is 6.82. The minimum Gasteiger partial charge on any atom is -0.272 e. The molecule has 0 atom stereocenters. The lowest BCUT2D eigenvalue weighted by Crippen LogP contribution is -1.99. The molecule has 0 spiro atoms. The zero-order valence-corrected chi connectivity index (χ0v) is 11.1. The van der Waals surface area contributed by atoms with E-state index >= 15 is 0 Å². The summed E-state index contributed by atoms with van der Waals surface area (Å²) in [4.78, 5) is 8.97. The zero-order chi connectivity index (χ0) is 12.0. The van der Waals surface area contributed by atoms with Crippen LogP contribution < -0.4 is 0 Å². The number of hydrogen-bond donors (Lipinski definition) is 0. The molecule has 3 heterocycles. The van der Waals surface area contributed by atoms with Gasteiger partial charge in [-0.15, -0.1) is 0 Å². The van der Waals surface area contributed by atoms with Gasteiger partial charge in [0.15, 0.2) is 5.82 Å². The van der Waals surface area contributed by atoms with Crippen LogP contribution >= 0.6 is 23.4 Å². The van der Waals surface area contributed by atoms with Crippen molar-refractivity contribution in [2.75, 3.05) is 0 Å². The molecule has 0 aliphatic carbocycles. The SMILES string of the molecule is Cc1c(-c2nc(Cl)c3c(n2)CSC3)cnn1C. The molecular formula is C11H11ClN4S. The van der Waals surface area contributed by atoms with Gasteiger partial charge < -0.3 is 0 Å². The number of halogens is 1. The fourth-order valence-electron chi connectivity index (χ4n) is 1.85. The van der Waals surface area contributed by atoms with Crippen LogP contribution in [0.3, 0.4) is 0 Å². The number of fused-ring (bicyclic) bond motifs is 1. The van der Waals surface area contributed by atoms with Gasteiger partial charge in [-0.1, -0.05) is 11.6 Å². The lowest BCUT2D eigenvalue weighted by atomic mass is 10.2. The highest BCUT2D eigenvalue weighted by molar-refractivity contribution is 7.98. The summed E-state index contributed by atoms with van der Waals surface area (Å²) in [5.41, 5.74) is 4.15. The molecule has 4 nitrogen and oxygen atoms in total. The summed E-state index contributed by atoms with van der Waals surface area (Å²) in [6, 6.07) is 0. The Balaban J connectivity index is 2.16. The van der Waals surface area contributed by atoms with E-state index in [2.05, 4.69) is 15.1 Å². The molecule has 1 aliphatic rings. The summed E-state index contributed by atoms with van der Waals surface area (Å²) in [6.07, 6.45) is 1.79. The van der Waals surface area contributed by atoms with Crippen molar-refractivity contribution in [1.82, 2.24) is 19.7 Å². The smallest absolute Gasteiger partial charge is 0.164 e. The summed E-state index contributed by atoms with van der Waals surface area (Å²) in [7, 11) is 1.91. The minimum atomic E-state index is 0.582. The third-order valence-electron chi connectivity index (χ3n) is 3.00. The Morgan fingerprint density at radius 3 is 2.88 bits per heavy atom. The van der Waals surface area contributed by atoms with Crippen LogP contribution in [-0.4, -0.2) is 19.7 Å². The van der Waals surface area contributed by atoms with Crippen molar-refractivity contribution in [2.45, 2.75) is 18.4 Å². The van der Waals surface area contributed by atoms with Crippen LogP contribution in [0.2, 0.25) is 5.15 Å². The Morgan fingerprint density at radius 1 is 1.35 bits per heavy atom. The molecule has 88 valence electrons. The summed E-state index contributed by atoms with van der Waals surface area (Å²) >= 11 is 8.01. The first-order chi connectivity index (χ1) is 8.16. The highest BCUT2D eigenvalue weighted by atomic mass is 35.5. The van der Waals surface area contributed by atoms with Gasteiger partial charge in [-0.3, -0.25) is 4.68 Å². The van der Waals surface area contributed by atoms with Gasteiger partial charge in [-0.25, -0.2) is 9.97 Å². The van der Waals surface area contributed by atoms with Crippen LogP contribution in [0.5, 0.6) is 0 Å². The molecule has 3 rings (SSSR count). The average molecular weight is 267 g/mol. The second-order valence-corrected chi connectivity index (χ2v) is 5.37. The molecule has 0 amide bonds. The molecule has 0 aromatic carbocycles. The molecule has 2 aromatic heterocycles. The van der Waals surface area contributed by atoms with Gasteiger partial charge in [-0.2, -0.15) is 16.9 Å². The Bertz CT molecular complexity index is 593. The Kier molecular flexibility index (Phi) is 2.60. The summed E-state index contributed by atoms with van der Waals surface area (Å²) < 4.78 is 1.81. The second kappa shape index (κ2) is 3.99. The lowest BCUT2D eigenvalue weighted by molar-refractivity contribution is 0.740. The van der Waals surface area contributed by atoms with Gasteiger partial charge >= 0.3 is 0 Å². The van der Waals surface area contributed by atoms with E-state index in [0.717, 1.165) is 34.0 Å². The Morgan fingerprint density at radius 2 is 2.18 bits per heavy atom. The molecular weight excluding hydrogens is 256 g/mol. The van der Waals surface area contributed by atoms with Crippen LogP contribution in [0.25, 0.3) is 11.4 Å². The number of rotatable bonds is 1. The van der Waals surface area contributed by atoms with Gasteiger partial charge in [0.2, 0.25) is 0 Å². The number of aromatic nitrogens is 4. The average Bonchev–Trinajstić information content (AvgIpc) is 2.88. The maximum absolute atomic E-state index is 6.19. The molecule has 0 bridgehead atoms. The number of nitrogens with zero attached hydrogens (tertiary/aromatic N) is 4. The van der Waals surface area contributed by atoms with E-state index in [9.17, 15) is 0 Å². The summed E-state index contributed by atoms with van der Waals surface area (Å²) in [6.45, 7) is 2.00. The van der Waals surface area contributed by atoms with E-state index in [0.29, 0.717) is 11.0 Å². The molecule has 0 radical (unpaired) electrons. The van der Waals surface area contributed by atoms with Crippen molar-refractivity contribution in [3.05, 3.63) is 28.3 Å². The van der Waals surface area contributed by atoms with E-state index in [1.165, 1.54) is 0 Å². The third-order valence-corrected chi connectivity index (χ3v) is 4.29. The van der Waals surface area contributed by atoms with Crippen molar-refractivity contribution >= 4 is 23.4 Å². The standard InChI is InChI=1S/C11H11ClN4S/c1-6-7(3-13-16(6)2)11-14-9-5-17-4-8(9)10(12)15-11/h3H,4-5H2,1-2H3. The van der Waals surface area contributed by atoms with Crippen molar-refractivity contribution in [2.24, 2.45) is 7.05 Å². The largest absolute Gasteiger partial charge is 0.272 e. The predicted molar refractivity (Wildman–Crippen MR) is 69.0 cm³/mol. The number of hydrogen-bond acceptors (Lipinski definition) is 4. The van der Waals surface area contributed by atoms with Crippen LogP contribution in [0.1, 0.15) is 17.0 Å². The second-order valence-electron chi connectivity index (χ2n) is 4.02. The summed E-state index contributed by atoms with van der Waals surface area (Å²) in [5, 5.41) is 4.79. The maximum Gasteiger partial charge on any atom is 0.164 e. The quantitative estimate of drug-likeness (QED) is 0.744. The molecule has 1 aliphatic heterocycles. The normalized spacial score (nSPS) is 14.1.